The van der Waals surface area contributed by atoms with Gasteiger partial charge >= 0.3 is 0 Å². The third-order valence-electron chi connectivity index (χ3n) is 7.42. The summed E-state index contributed by atoms with van der Waals surface area (Å²) < 4.78 is 29.6. The summed E-state index contributed by atoms with van der Waals surface area (Å²) in [6.45, 7) is 0.703. The lowest BCUT2D eigenvalue weighted by molar-refractivity contribution is -0.148. The summed E-state index contributed by atoms with van der Waals surface area (Å²) >= 11 is 0. The fraction of sp³-hybridized carbons (Fsp3) is 0.375. The van der Waals surface area contributed by atoms with Gasteiger partial charge in [-0.1, -0.05) is 0 Å². The van der Waals surface area contributed by atoms with Crippen LogP contribution in [-0.2, 0) is 11.3 Å². The summed E-state index contributed by atoms with van der Waals surface area (Å²) in [6.07, 6.45) is 7.65. The first-order valence-electron chi connectivity index (χ1n) is 11.0. The predicted octanol–water partition coefficient (Wildman–Crippen LogP) is 3.96. The zero-order valence-corrected chi connectivity index (χ0v) is 17.7. The van der Waals surface area contributed by atoms with Gasteiger partial charge in [-0.15, -0.1) is 0 Å². The number of nitriles is 1. The van der Waals surface area contributed by atoms with E-state index in [0.717, 1.165) is 30.8 Å². The van der Waals surface area contributed by atoms with Crippen LogP contribution in [0.3, 0.4) is 0 Å². The van der Waals surface area contributed by atoms with Gasteiger partial charge in [0.1, 0.15) is 17.7 Å². The minimum absolute atomic E-state index is 0.0615. The van der Waals surface area contributed by atoms with Gasteiger partial charge in [0, 0.05) is 31.4 Å². The van der Waals surface area contributed by atoms with Crippen molar-refractivity contribution in [3.63, 3.8) is 0 Å². The molecule has 33 heavy (non-hydrogen) atoms. The maximum atomic E-state index is 13.8. The van der Waals surface area contributed by atoms with Crippen LogP contribution in [0.15, 0.2) is 41.9 Å². The van der Waals surface area contributed by atoms with Crippen LogP contribution in [0.1, 0.15) is 42.9 Å². The number of imidazole rings is 1. The molecule has 2 atom stereocenters. The van der Waals surface area contributed by atoms with Gasteiger partial charge in [0.25, 0.3) is 0 Å². The Bertz CT molecular complexity index is 1330. The van der Waals surface area contributed by atoms with Crippen molar-refractivity contribution in [2.24, 2.45) is 22.4 Å². The van der Waals surface area contributed by atoms with Crippen LogP contribution in [-0.4, -0.2) is 31.7 Å². The second-order valence-electron chi connectivity index (χ2n) is 9.39. The van der Waals surface area contributed by atoms with Crippen molar-refractivity contribution in [2.75, 3.05) is 0 Å². The highest BCUT2D eigenvalue weighted by Gasteiger charge is 2.61. The Labute approximate surface area is 188 Å². The van der Waals surface area contributed by atoms with Crippen molar-refractivity contribution in [3.8, 4) is 6.07 Å². The molecular formula is C24H20F2N6O. The molecule has 3 saturated carbocycles. The SMILES string of the molecule is N#Cc1cnc2ncn(C[C@@H]3CC4(C(=O)N5N=CCC5c5cc(F)cc(F)c5)CC3C4)c2c1. The molecule has 1 unspecified atom stereocenters. The van der Waals surface area contributed by atoms with Crippen LogP contribution >= 0.6 is 0 Å². The van der Waals surface area contributed by atoms with E-state index in [4.69, 9.17) is 0 Å². The average Bonchev–Trinajstić information content (AvgIpc) is 3.54. The Kier molecular flexibility index (Phi) is 4.34. The Morgan fingerprint density at radius 3 is 2.70 bits per heavy atom. The van der Waals surface area contributed by atoms with Crippen molar-refractivity contribution >= 4 is 23.3 Å². The summed E-state index contributed by atoms with van der Waals surface area (Å²) in [6, 6.07) is 6.79. The minimum Gasteiger partial charge on any atom is -0.329 e. The first-order chi connectivity index (χ1) is 16.0. The molecule has 3 aliphatic carbocycles. The fourth-order valence-corrected chi connectivity index (χ4v) is 5.89. The number of amides is 1. The fourth-order valence-electron chi connectivity index (χ4n) is 5.89. The number of carbonyl (C=O) groups excluding carboxylic acids is 1. The van der Waals surface area contributed by atoms with E-state index in [1.54, 1.807) is 18.6 Å². The number of fused-ring (bicyclic) bond motifs is 2. The van der Waals surface area contributed by atoms with Gasteiger partial charge < -0.3 is 4.57 Å². The monoisotopic (exact) mass is 446 g/mol. The first kappa shape index (κ1) is 20.0. The highest BCUT2D eigenvalue weighted by molar-refractivity contribution is 5.87. The van der Waals surface area contributed by atoms with Crippen LogP contribution in [0.25, 0.3) is 11.2 Å². The van der Waals surface area contributed by atoms with Gasteiger partial charge in [-0.05, 0) is 54.9 Å². The number of hydrogen-bond acceptors (Lipinski definition) is 5. The van der Waals surface area contributed by atoms with E-state index in [-0.39, 0.29) is 5.91 Å². The van der Waals surface area contributed by atoms with Gasteiger partial charge in [-0.25, -0.2) is 23.8 Å². The number of benzene rings is 1. The van der Waals surface area contributed by atoms with Crippen molar-refractivity contribution in [1.29, 1.82) is 5.26 Å². The summed E-state index contributed by atoms with van der Waals surface area (Å²) in [5, 5.41) is 14.9. The second kappa shape index (κ2) is 7.17. The quantitative estimate of drug-likeness (QED) is 0.607. The van der Waals surface area contributed by atoms with Crippen LogP contribution in [0, 0.1) is 40.2 Å². The lowest BCUT2D eigenvalue weighted by Crippen LogP contribution is -2.45. The second-order valence-corrected chi connectivity index (χ2v) is 9.39. The van der Waals surface area contributed by atoms with Crippen LogP contribution in [0.4, 0.5) is 8.78 Å². The van der Waals surface area contributed by atoms with Gasteiger partial charge in [-0.2, -0.15) is 10.4 Å². The predicted molar refractivity (Wildman–Crippen MR) is 115 cm³/mol. The number of hydrazone groups is 1. The van der Waals surface area contributed by atoms with Gasteiger partial charge in [0.15, 0.2) is 5.65 Å². The third-order valence-corrected chi connectivity index (χ3v) is 7.42. The summed E-state index contributed by atoms with van der Waals surface area (Å²) in [4.78, 5) is 22.1. The Hall–Kier alpha value is -3.67. The number of hydrogen-bond donors (Lipinski definition) is 0. The van der Waals surface area contributed by atoms with E-state index in [1.165, 1.54) is 23.3 Å². The van der Waals surface area contributed by atoms with E-state index >= 15 is 0 Å². The number of carbonyl (C=O) groups is 1. The number of rotatable bonds is 4. The maximum Gasteiger partial charge on any atom is 0.249 e. The lowest BCUT2D eigenvalue weighted by atomic mass is 9.68. The minimum atomic E-state index is -0.659. The molecule has 7 nitrogen and oxygen atoms in total. The van der Waals surface area contributed by atoms with Crippen LogP contribution in [0.2, 0.25) is 0 Å². The molecule has 1 aliphatic heterocycles. The molecule has 0 saturated heterocycles. The topological polar surface area (TPSA) is 87.2 Å². The molecular weight excluding hydrogens is 426 g/mol. The molecule has 166 valence electrons. The molecule has 7 rings (SSSR count). The largest absolute Gasteiger partial charge is 0.329 e. The zero-order valence-electron chi connectivity index (χ0n) is 17.7. The third kappa shape index (κ3) is 3.12. The van der Waals surface area contributed by atoms with E-state index in [2.05, 4.69) is 21.1 Å². The van der Waals surface area contributed by atoms with Crippen molar-refractivity contribution in [3.05, 3.63) is 59.6 Å². The first-order valence-corrected chi connectivity index (χ1v) is 11.0. The number of aromatic nitrogens is 3. The van der Waals surface area contributed by atoms with Crippen molar-refractivity contribution in [1.82, 2.24) is 19.5 Å². The standard InChI is InChI=1S/C24H20F2N6O/c25-18-4-15(5-19(26)6-18)20-1-2-30-32(20)23(33)24-7-16(8-24)17(9-24)12-31-13-29-22-21(31)3-14(10-27)11-28-22/h2-6,11,13,16-17,20H,1,7-9,12H2/t16?,17-,20?,24?/m0/s1. The summed E-state index contributed by atoms with van der Waals surface area (Å²) in [5.41, 5.74) is 1.84. The Balaban J connectivity index is 1.21. The maximum absolute atomic E-state index is 13.8. The molecule has 4 aliphatic rings. The Morgan fingerprint density at radius 1 is 1.15 bits per heavy atom. The molecule has 9 heteroatoms. The molecule has 3 heterocycles. The zero-order chi connectivity index (χ0) is 22.7. The highest BCUT2D eigenvalue weighted by atomic mass is 19.1. The van der Waals surface area contributed by atoms with E-state index in [0.29, 0.717) is 41.6 Å². The van der Waals surface area contributed by atoms with Gasteiger partial charge in [-0.3, -0.25) is 4.79 Å². The lowest BCUT2D eigenvalue weighted by Gasteiger charge is -2.40. The summed E-state index contributed by atoms with van der Waals surface area (Å²) in [5.74, 6) is -0.653. The van der Waals surface area contributed by atoms with E-state index in [9.17, 15) is 18.8 Å². The molecule has 3 fully saturated rings. The average molecular weight is 446 g/mol. The van der Waals surface area contributed by atoms with Crippen molar-refractivity contribution in [2.45, 2.75) is 38.3 Å². The highest BCUT2D eigenvalue weighted by Crippen LogP contribution is 2.63. The molecule has 1 amide bonds. The number of halogens is 2. The molecule has 1 aromatic carbocycles. The van der Waals surface area contributed by atoms with Crippen LogP contribution in [0.5, 0.6) is 0 Å². The van der Waals surface area contributed by atoms with Crippen molar-refractivity contribution < 1.29 is 13.6 Å². The van der Waals surface area contributed by atoms with Gasteiger partial charge in [0.2, 0.25) is 5.91 Å². The molecule has 0 radical (unpaired) electrons. The molecule has 0 N–H and O–H groups in total. The van der Waals surface area contributed by atoms with Gasteiger partial charge in [0.05, 0.1) is 28.9 Å². The molecule has 0 spiro atoms. The number of nitrogens with zero attached hydrogens (tertiary/aromatic N) is 6. The van der Waals surface area contributed by atoms with E-state index < -0.39 is 23.1 Å². The number of pyridine rings is 1. The summed E-state index contributed by atoms with van der Waals surface area (Å²) in [7, 11) is 0. The normalized spacial score (nSPS) is 27.7. The molecule has 2 aromatic heterocycles. The Morgan fingerprint density at radius 2 is 1.94 bits per heavy atom. The molecule has 2 bridgehead atoms. The smallest absolute Gasteiger partial charge is 0.249 e. The molecule has 3 aromatic rings. The van der Waals surface area contributed by atoms with E-state index in [1.807, 2.05) is 4.57 Å². The van der Waals surface area contributed by atoms with Crippen LogP contribution < -0.4 is 0 Å².